The Labute approximate surface area is 162 Å². The Kier molecular flexibility index (Phi) is 5.81. The molecule has 27 heavy (non-hydrogen) atoms. The number of hydrogen-bond donors (Lipinski definition) is 1. The number of likely N-dealkylation sites (tertiary alicyclic amines) is 1. The number of carbonyl (C=O) groups is 2. The van der Waals surface area contributed by atoms with E-state index in [0.29, 0.717) is 26.1 Å². The summed E-state index contributed by atoms with van der Waals surface area (Å²) in [6.07, 6.45) is 1.39. The second-order valence-electron chi connectivity index (χ2n) is 6.83. The molecule has 2 aliphatic heterocycles. The summed E-state index contributed by atoms with van der Waals surface area (Å²) in [5.41, 5.74) is 0.132. The van der Waals surface area contributed by atoms with E-state index in [1.165, 1.54) is 23.1 Å². The van der Waals surface area contributed by atoms with Crippen molar-refractivity contribution in [3.63, 3.8) is 0 Å². The van der Waals surface area contributed by atoms with E-state index < -0.39 is 17.0 Å². The lowest BCUT2D eigenvalue weighted by Crippen LogP contribution is -2.54. The number of halogens is 1. The van der Waals surface area contributed by atoms with Crippen LogP contribution in [0, 0.1) is 10.1 Å². The van der Waals surface area contributed by atoms with Gasteiger partial charge in [0.1, 0.15) is 6.04 Å². The molecule has 0 saturated carbocycles. The first-order valence-electron chi connectivity index (χ1n) is 8.85. The number of nitro benzene ring substituents is 1. The maximum absolute atomic E-state index is 12.8. The van der Waals surface area contributed by atoms with E-state index in [-0.39, 0.29) is 22.3 Å². The molecule has 2 aliphatic rings. The molecule has 2 saturated heterocycles. The maximum atomic E-state index is 12.8. The highest BCUT2D eigenvalue weighted by Gasteiger charge is 2.37. The number of likely N-dealkylation sites (N-methyl/N-ethyl adjacent to an activating group) is 1. The molecule has 2 heterocycles. The van der Waals surface area contributed by atoms with E-state index in [4.69, 9.17) is 11.6 Å². The van der Waals surface area contributed by atoms with E-state index in [0.717, 1.165) is 19.5 Å². The van der Waals surface area contributed by atoms with Crippen molar-refractivity contribution in [2.45, 2.75) is 18.9 Å². The fourth-order valence-corrected chi connectivity index (χ4v) is 3.63. The number of benzene rings is 1. The number of non-ortho nitro benzene ring substituents is 1. The number of urea groups is 1. The van der Waals surface area contributed by atoms with Crippen LogP contribution < -0.4 is 5.32 Å². The second kappa shape index (κ2) is 8.10. The van der Waals surface area contributed by atoms with Gasteiger partial charge in [-0.25, -0.2) is 4.79 Å². The minimum absolute atomic E-state index is 0.0226. The quantitative estimate of drug-likeness (QED) is 0.623. The molecule has 0 bridgehead atoms. The molecule has 9 nitrogen and oxygen atoms in total. The smallest absolute Gasteiger partial charge is 0.322 e. The molecule has 0 unspecified atom stereocenters. The highest BCUT2D eigenvalue weighted by molar-refractivity contribution is 6.33. The van der Waals surface area contributed by atoms with E-state index in [1.54, 1.807) is 0 Å². The first kappa shape index (κ1) is 19.4. The van der Waals surface area contributed by atoms with Gasteiger partial charge in [-0.2, -0.15) is 0 Å². The van der Waals surface area contributed by atoms with Gasteiger partial charge in [0.25, 0.3) is 5.69 Å². The molecule has 1 N–H and O–H groups in total. The number of rotatable bonds is 3. The number of anilines is 1. The van der Waals surface area contributed by atoms with E-state index in [2.05, 4.69) is 10.2 Å². The van der Waals surface area contributed by atoms with Crippen LogP contribution in [-0.2, 0) is 4.79 Å². The molecule has 0 aromatic heterocycles. The topological polar surface area (TPSA) is 99.0 Å². The molecule has 3 amide bonds. The molecule has 146 valence electrons. The summed E-state index contributed by atoms with van der Waals surface area (Å²) in [6, 6.07) is 2.96. The molecule has 3 rings (SSSR count). The van der Waals surface area contributed by atoms with Crippen molar-refractivity contribution in [1.29, 1.82) is 0 Å². The zero-order valence-electron chi connectivity index (χ0n) is 15.1. The van der Waals surface area contributed by atoms with Crippen LogP contribution in [0.15, 0.2) is 18.2 Å². The fourth-order valence-electron chi connectivity index (χ4n) is 3.41. The Morgan fingerprint density at radius 1 is 1.22 bits per heavy atom. The van der Waals surface area contributed by atoms with Gasteiger partial charge in [0.15, 0.2) is 0 Å². The Bertz CT molecular complexity index is 751. The van der Waals surface area contributed by atoms with Crippen LogP contribution in [0.4, 0.5) is 16.2 Å². The molecule has 0 spiro atoms. The monoisotopic (exact) mass is 395 g/mol. The number of amides is 3. The van der Waals surface area contributed by atoms with Gasteiger partial charge >= 0.3 is 6.03 Å². The average molecular weight is 396 g/mol. The van der Waals surface area contributed by atoms with Gasteiger partial charge in [-0.1, -0.05) is 11.6 Å². The normalized spacial score (nSPS) is 20.6. The summed E-state index contributed by atoms with van der Waals surface area (Å²) in [7, 11) is 2.02. The van der Waals surface area contributed by atoms with Gasteiger partial charge in [0, 0.05) is 44.9 Å². The van der Waals surface area contributed by atoms with Crippen molar-refractivity contribution in [1.82, 2.24) is 14.7 Å². The van der Waals surface area contributed by atoms with Crippen LogP contribution in [0.1, 0.15) is 12.8 Å². The Hall–Kier alpha value is -2.39. The molecule has 1 atom stereocenters. The average Bonchev–Trinajstić information content (AvgIpc) is 3.13. The van der Waals surface area contributed by atoms with Crippen molar-refractivity contribution in [3.05, 3.63) is 33.3 Å². The van der Waals surface area contributed by atoms with Crippen molar-refractivity contribution in [3.8, 4) is 0 Å². The summed E-state index contributed by atoms with van der Waals surface area (Å²) < 4.78 is 0. The van der Waals surface area contributed by atoms with Crippen molar-refractivity contribution >= 4 is 34.9 Å². The lowest BCUT2D eigenvalue weighted by Gasteiger charge is -2.35. The first-order chi connectivity index (χ1) is 12.9. The number of nitrogens with one attached hydrogen (secondary N) is 1. The largest absolute Gasteiger partial charge is 0.338 e. The zero-order valence-corrected chi connectivity index (χ0v) is 15.8. The number of carbonyl (C=O) groups excluding carboxylic acids is 2. The van der Waals surface area contributed by atoms with Crippen molar-refractivity contribution in [2.24, 2.45) is 0 Å². The van der Waals surface area contributed by atoms with E-state index >= 15 is 0 Å². The zero-order chi connectivity index (χ0) is 19.6. The number of piperazine rings is 1. The van der Waals surface area contributed by atoms with Crippen LogP contribution in [0.3, 0.4) is 0 Å². The molecule has 0 aliphatic carbocycles. The third-order valence-corrected chi connectivity index (χ3v) is 5.33. The lowest BCUT2D eigenvalue weighted by molar-refractivity contribution is -0.384. The van der Waals surface area contributed by atoms with Gasteiger partial charge < -0.3 is 20.0 Å². The van der Waals surface area contributed by atoms with Crippen molar-refractivity contribution in [2.75, 3.05) is 45.1 Å². The van der Waals surface area contributed by atoms with Crippen molar-refractivity contribution < 1.29 is 14.5 Å². The molecular weight excluding hydrogens is 374 g/mol. The summed E-state index contributed by atoms with van der Waals surface area (Å²) >= 11 is 6.04. The minimum Gasteiger partial charge on any atom is -0.338 e. The Balaban J connectivity index is 1.67. The van der Waals surface area contributed by atoms with Gasteiger partial charge in [0.2, 0.25) is 5.91 Å². The van der Waals surface area contributed by atoms with Crippen LogP contribution in [0.5, 0.6) is 0 Å². The highest BCUT2D eigenvalue weighted by atomic mass is 35.5. The second-order valence-corrected chi connectivity index (χ2v) is 7.24. The SMILES string of the molecule is CN1CCN(C(=O)[C@H]2CCCN2C(=O)Nc2ccc([N+](=O)[O-])cc2Cl)CC1. The predicted molar refractivity (Wildman–Crippen MR) is 101 cm³/mol. The summed E-state index contributed by atoms with van der Waals surface area (Å²) in [5, 5.41) is 13.5. The van der Waals surface area contributed by atoms with Gasteiger partial charge in [-0.3, -0.25) is 14.9 Å². The molecule has 0 radical (unpaired) electrons. The molecule has 10 heteroatoms. The Morgan fingerprint density at radius 3 is 2.56 bits per heavy atom. The minimum atomic E-state index is -0.553. The number of nitrogens with zero attached hydrogens (tertiary/aromatic N) is 4. The van der Waals surface area contributed by atoms with Gasteiger partial charge in [-0.15, -0.1) is 0 Å². The van der Waals surface area contributed by atoms with Gasteiger partial charge in [-0.05, 0) is 26.0 Å². The molecule has 1 aromatic carbocycles. The summed E-state index contributed by atoms with van der Waals surface area (Å²) in [6.45, 7) is 3.46. The lowest BCUT2D eigenvalue weighted by atomic mass is 10.1. The predicted octanol–water partition coefficient (Wildman–Crippen LogP) is 2.02. The number of nitro groups is 1. The van der Waals surface area contributed by atoms with E-state index in [9.17, 15) is 19.7 Å². The summed E-state index contributed by atoms with van der Waals surface area (Å²) in [4.78, 5) is 41.3. The fraction of sp³-hybridized carbons (Fsp3) is 0.529. The van der Waals surface area contributed by atoms with Crippen LogP contribution in [-0.4, -0.2) is 77.4 Å². The Morgan fingerprint density at radius 2 is 1.93 bits per heavy atom. The number of hydrogen-bond acceptors (Lipinski definition) is 5. The third kappa shape index (κ3) is 4.30. The molecule has 2 fully saturated rings. The first-order valence-corrected chi connectivity index (χ1v) is 9.23. The standard InChI is InChI=1S/C17H22ClN5O4/c1-20-7-9-21(10-8-20)16(24)15-3-2-6-22(15)17(25)19-14-5-4-12(23(26)27)11-13(14)18/h4-5,11,15H,2-3,6-10H2,1H3,(H,19,25)/t15-/m1/s1. The summed E-state index contributed by atoms with van der Waals surface area (Å²) in [5.74, 6) is -0.0226. The van der Waals surface area contributed by atoms with Crippen LogP contribution in [0.2, 0.25) is 5.02 Å². The third-order valence-electron chi connectivity index (χ3n) is 5.02. The van der Waals surface area contributed by atoms with Crippen LogP contribution >= 0.6 is 11.6 Å². The molecular formula is C17H22ClN5O4. The maximum Gasteiger partial charge on any atom is 0.322 e. The highest BCUT2D eigenvalue weighted by Crippen LogP contribution is 2.28. The van der Waals surface area contributed by atoms with Crippen LogP contribution in [0.25, 0.3) is 0 Å². The molecule has 1 aromatic rings. The van der Waals surface area contributed by atoms with Gasteiger partial charge in [0.05, 0.1) is 15.6 Å². The van der Waals surface area contributed by atoms with E-state index in [1.807, 2.05) is 11.9 Å².